The highest BCUT2D eigenvalue weighted by Crippen LogP contribution is 2.30. The second-order valence-corrected chi connectivity index (χ2v) is 4.37. The number of rotatable bonds is 3. The van der Waals surface area contributed by atoms with Crippen molar-refractivity contribution in [3.63, 3.8) is 0 Å². The Morgan fingerprint density at radius 2 is 1.82 bits per heavy atom. The molecule has 1 atom stereocenters. The molecule has 0 amide bonds. The molecule has 0 saturated carbocycles. The van der Waals surface area contributed by atoms with Gasteiger partial charge >= 0.3 is 0 Å². The number of halogens is 1. The van der Waals surface area contributed by atoms with E-state index >= 15 is 0 Å². The molecule has 2 rings (SSSR count). The Morgan fingerprint density at radius 3 is 2.47 bits per heavy atom. The third kappa shape index (κ3) is 2.55. The lowest BCUT2D eigenvalue weighted by molar-refractivity contribution is 0.622. The fourth-order valence-electron chi connectivity index (χ4n) is 2.34. The summed E-state index contributed by atoms with van der Waals surface area (Å²) in [5, 5.41) is 0. The maximum Gasteiger partial charge on any atom is 0.123 e. The van der Waals surface area contributed by atoms with Crippen molar-refractivity contribution < 1.29 is 4.39 Å². The number of benzene rings is 2. The molecule has 0 saturated heterocycles. The summed E-state index contributed by atoms with van der Waals surface area (Å²) in [6.07, 6.45) is 0.980. The molecular weight excluding hydrogens is 211 g/mol. The van der Waals surface area contributed by atoms with Crippen LogP contribution >= 0.6 is 0 Å². The van der Waals surface area contributed by atoms with Gasteiger partial charge in [-0.2, -0.15) is 0 Å². The van der Waals surface area contributed by atoms with Crippen LogP contribution in [-0.4, -0.2) is 0 Å². The zero-order valence-corrected chi connectivity index (χ0v) is 10.3. The van der Waals surface area contributed by atoms with Crippen LogP contribution in [-0.2, 0) is 0 Å². The van der Waals surface area contributed by atoms with Crippen molar-refractivity contribution in [3.05, 3.63) is 71.0 Å². The fraction of sp³-hybridized carbons (Fsp3) is 0.250. The van der Waals surface area contributed by atoms with Gasteiger partial charge in [0.15, 0.2) is 0 Å². The minimum absolute atomic E-state index is 0.158. The van der Waals surface area contributed by atoms with Crippen LogP contribution in [0.1, 0.15) is 36.0 Å². The first-order valence-electron chi connectivity index (χ1n) is 6.03. The first kappa shape index (κ1) is 11.8. The van der Waals surface area contributed by atoms with E-state index in [2.05, 4.69) is 26.0 Å². The Kier molecular flexibility index (Phi) is 3.58. The van der Waals surface area contributed by atoms with Gasteiger partial charge in [0.05, 0.1) is 0 Å². The van der Waals surface area contributed by atoms with Crippen LogP contribution in [0.3, 0.4) is 0 Å². The maximum atomic E-state index is 13.3. The Labute approximate surface area is 102 Å². The van der Waals surface area contributed by atoms with E-state index in [9.17, 15) is 4.39 Å². The molecule has 0 aliphatic carbocycles. The predicted molar refractivity (Wildman–Crippen MR) is 69.7 cm³/mol. The highest BCUT2D eigenvalue weighted by Gasteiger charge is 2.14. The van der Waals surface area contributed by atoms with Gasteiger partial charge in [0.25, 0.3) is 0 Å². The topological polar surface area (TPSA) is 0 Å². The third-order valence-corrected chi connectivity index (χ3v) is 3.22. The molecule has 0 N–H and O–H groups in total. The van der Waals surface area contributed by atoms with Gasteiger partial charge in [0.1, 0.15) is 5.82 Å². The summed E-state index contributed by atoms with van der Waals surface area (Å²) in [6.45, 7) is 4.25. The van der Waals surface area contributed by atoms with Gasteiger partial charge in [0, 0.05) is 5.92 Å². The molecule has 0 bridgehead atoms. The second-order valence-electron chi connectivity index (χ2n) is 4.37. The van der Waals surface area contributed by atoms with Crippen molar-refractivity contribution in [1.29, 1.82) is 0 Å². The van der Waals surface area contributed by atoms with Gasteiger partial charge in [-0.3, -0.25) is 0 Å². The largest absolute Gasteiger partial charge is 0.207 e. The second kappa shape index (κ2) is 5.13. The maximum absolute atomic E-state index is 13.3. The lowest BCUT2D eigenvalue weighted by atomic mass is 9.87. The van der Waals surface area contributed by atoms with Gasteiger partial charge < -0.3 is 0 Å². The van der Waals surface area contributed by atoms with E-state index < -0.39 is 0 Å². The van der Waals surface area contributed by atoms with Gasteiger partial charge in [0.2, 0.25) is 0 Å². The summed E-state index contributed by atoms with van der Waals surface area (Å²) < 4.78 is 13.3. The summed E-state index contributed by atoms with van der Waals surface area (Å²) in [7, 11) is 0. The van der Waals surface area contributed by atoms with Crippen LogP contribution in [0, 0.1) is 12.7 Å². The van der Waals surface area contributed by atoms with E-state index in [4.69, 9.17) is 0 Å². The molecule has 0 aliphatic rings. The minimum Gasteiger partial charge on any atom is -0.207 e. The molecule has 1 unspecified atom stereocenters. The molecule has 0 radical (unpaired) electrons. The van der Waals surface area contributed by atoms with E-state index in [0.29, 0.717) is 0 Å². The number of hydrogen-bond acceptors (Lipinski definition) is 0. The van der Waals surface area contributed by atoms with Crippen LogP contribution in [0.2, 0.25) is 0 Å². The average Bonchev–Trinajstić information content (AvgIpc) is 2.33. The van der Waals surface area contributed by atoms with Crippen LogP contribution in [0.4, 0.5) is 4.39 Å². The highest BCUT2D eigenvalue weighted by atomic mass is 19.1. The first-order chi connectivity index (χ1) is 8.22. The van der Waals surface area contributed by atoms with Gasteiger partial charge in [-0.05, 0) is 42.2 Å². The molecule has 0 fully saturated rings. The van der Waals surface area contributed by atoms with Crippen molar-refractivity contribution in [2.75, 3.05) is 0 Å². The lowest BCUT2D eigenvalue weighted by Crippen LogP contribution is -2.02. The Balaban J connectivity index is 2.44. The highest BCUT2D eigenvalue weighted by molar-refractivity contribution is 5.37. The predicted octanol–water partition coefficient (Wildman–Crippen LogP) is 4.68. The van der Waals surface area contributed by atoms with Crippen LogP contribution in [0.5, 0.6) is 0 Å². The molecule has 0 nitrogen and oxygen atoms in total. The average molecular weight is 228 g/mol. The SMILES string of the molecule is CCC(c1cccc(F)c1)c1ccccc1C. The molecule has 1 heteroatoms. The summed E-state index contributed by atoms with van der Waals surface area (Å²) >= 11 is 0. The molecule has 17 heavy (non-hydrogen) atoms. The van der Waals surface area contributed by atoms with E-state index in [-0.39, 0.29) is 11.7 Å². The quantitative estimate of drug-likeness (QED) is 0.715. The fourth-order valence-corrected chi connectivity index (χ4v) is 2.34. The van der Waals surface area contributed by atoms with E-state index in [0.717, 1.165) is 12.0 Å². The Morgan fingerprint density at radius 1 is 1.06 bits per heavy atom. The molecule has 0 aromatic heterocycles. The molecule has 2 aromatic carbocycles. The van der Waals surface area contributed by atoms with Gasteiger partial charge in [-0.25, -0.2) is 4.39 Å². The molecule has 0 spiro atoms. The molecule has 2 aromatic rings. The van der Waals surface area contributed by atoms with Crippen LogP contribution in [0.15, 0.2) is 48.5 Å². The normalized spacial score (nSPS) is 12.4. The van der Waals surface area contributed by atoms with E-state index in [1.807, 2.05) is 18.2 Å². The standard InChI is InChI=1S/C16H17F/c1-3-15(13-8-6-9-14(17)11-13)16-10-5-4-7-12(16)2/h4-11,15H,3H2,1-2H3. The molecule has 0 aliphatic heterocycles. The third-order valence-electron chi connectivity index (χ3n) is 3.22. The summed E-state index contributed by atoms with van der Waals surface area (Å²) in [5.74, 6) is 0.126. The Hall–Kier alpha value is -1.63. The van der Waals surface area contributed by atoms with Crippen molar-refractivity contribution in [2.24, 2.45) is 0 Å². The minimum atomic E-state index is -0.158. The van der Waals surface area contributed by atoms with Crippen LogP contribution in [0.25, 0.3) is 0 Å². The number of aryl methyl sites for hydroxylation is 1. The lowest BCUT2D eigenvalue weighted by Gasteiger charge is -2.18. The van der Waals surface area contributed by atoms with Crippen molar-refractivity contribution in [2.45, 2.75) is 26.2 Å². The van der Waals surface area contributed by atoms with E-state index in [1.165, 1.54) is 17.2 Å². The van der Waals surface area contributed by atoms with Crippen LogP contribution < -0.4 is 0 Å². The molecule has 88 valence electrons. The first-order valence-corrected chi connectivity index (χ1v) is 6.03. The number of hydrogen-bond donors (Lipinski definition) is 0. The van der Waals surface area contributed by atoms with E-state index in [1.54, 1.807) is 12.1 Å². The molecule has 0 heterocycles. The summed E-state index contributed by atoms with van der Waals surface area (Å²) in [6, 6.07) is 15.2. The zero-order valence-electron chi connectivity index (χ0n) is 10.3. The van der Waals surface area contributed by atoms with Gasteiger partial charge in [-0.15, -0.1) is 0 Å². The monoisotopic (exact) mass is 228 g/mol. The summed E-state index contributed by atoms with van der Waals surface area (Å²) in [4.78, 5) is 0. The van der Waals surface area contributed by atoms with Gasteiger partial charge in [-0.1, -0.05) is 43.3 Å². The zero-order chi connectivity index (χ0) is 12.3. The summed E-state index contributed by atoms with van der Waals surface area (Å²) in [5.41, 5.74) is 3.62. The van der Waals surface area contributed by atoms with Crippen molar-refractivity contribution >= 4 is 0 Å². The molecular formula is C16H17F. The van der Waals surface area contributed by atoms with Crippen molar-refractivity contribution in [3.8, 4) is 0 Å². The smallest absolute Gasteiger partial charge is 0.123 e. The Bertz CT molecular complexity index is 502. The van der Waals surface area contributed by atoms with Crippen molar-refractivity contribution in [1.82, 2.24) is 0 Å².